The summed E-state index contributed by atoms with van der Waals surface area (Å²) in [5, 5.41) is 11.8. The monoisotopic (exact) mass is 367 g/mol. The minimum absolute atomic E-state index is 0.211. The molecule has 0 radical (unpaired) electrons. The van der Waals surface area contributed by atoms with Crippen LogP contribution in [0.1, 0.15) is 13.3 Å². The first-order valence-corrected chi connectivity index (χ1v) is 7.27. The lowest BCUT2D eigenvalue weighted by Gasteiger charge is -2.05. The van der Waals surface area contributed by atoms with E-state index >= 15 is 0 Å². The number of aromatic nitrogens is 2. The number of para-hydroxylation sites is 1. The fourth-order valence-corrected chi connectivity index (χ4v) is 3.01. The molecule has 0 aliphatic carbocycles. The summed E-state index contributed by atoms with van der Waals surface area (Å²) >= 11 is 2.25. The molecule has 19 heavy (non-hydrogen) atoms. The smallest absolute Gasteiger partial charge is 0.202 e. The van der Waals surface area contributed by atoms with Crippen molar-refractivity contribution in [2.45, 2.75) is 19.9 Å². The van der Waals surface area contributed by atoms with Crippen LogP contribution in [0, 0.1) is 3.57 Å². The minimum Gasteiger partial charge on any atom is -0.494 e. The van der Waals surface area contributed by atoms with Gasteiger partial charge >= 0.3 is 0 Å². The number of nitrogen functional groups attached to an aromatic ring is 1. The van der Waals surface area contributed by atoms with Crippen molar-refractivity contribution in [1.29, 1.82) is 0 Å². The van der Waals surface area contributed by atoms with E-state index in [9.17, 15) is 5.11 Å². The molecule has 3 N–H and O–H groups in total. The molecule has 0 atom stereocenters. The Kier molecular flexibility index (Phi) is 3.00. The zero-order chi connectivity index (χ0) is 13.6. The van der Waals surface area contributed by atoms with Gasteiger partial charge in [-0.3, -0.25) is 0 Å². The Morgan fingerprint density at radius 3 is 2.95 bits per heavy atom. The molecule has 0 aliphatic heterocycles. The van der Waals surface area contributed by atoms with Gasteiger partial charge in [0.25, 0.3) is 0 Å². The highest BCUT2D eigenvalue weighted by molar-refractivity contribution is 14.1. The number of nitrogens with two attached hydrogens (primary N) is 1. The number of rotatable bonds is 2. The van der Waals surface area contributed by atoms with Crippen LogP contribution in [0.15, 0.2) is 24.4 Å². The molecule has 2 aromatic heterocycles. The van der Waals surface area contributed by atoms with E-state index in [1.165, 1.54) is 0 Å². The van der Waals surface area contributed by atoms with E-state index in [4.69, 9.17) is 5.73 Å². The van der Waals surface area contributed by atoms with Crippen molar-refractivity contribution in [3.05, 3.63) is 28.0 Å². The molecule has 0 saturated carbocycles. The van der Waals surface area contributed by atoms with E-state index in [2.05, 4.69) is 34.5 Å². The van der Waals surface area contributed by atoms with Gasteiger partial charge in [0.1, 0.15) is 0 Å². The third-order valence-corrected chi connectivity index (χ3v) is 4.14. The number of halogens is 1. The van der Waals surface area contributed by atoms with Crippen LogP contribution in [0.2, 0.25) is 0 Å². The lowest BCUT2D eigenvalue weighted by atomic mass is 10.1. The van der Waals surface area contributed by atoms with E-state index < -0.39 is 0 Å². The number of anilines is 1. The normalized spacial score (nSPS) is 11.5. The largest absolute Gasteiger partial charge is 0.494 e. The van der Waals surface area contributed by atoms with Crippen LogP contribution in [0.3, 0.4) is 0 Å². The van der Waals surface area contributed by atoms with Gasteiger partial charge in [0.15, 0.2) is 0 Å². The average molecular weight is 367 g/mol. The Labute approximate surface area is 124 Å². The van der Waals surface area contributed by atoms with Gasteiger partial charge in [-0.15, -0.1) is 0 Å². The molecule has 5 heteroatoms. The van der Waals surface area contributed by atoms with Gasteiger partial charge in [-0.2, -0.15) is 0 Å². The SMILES string of the molecule is CCCn1cc2nc3c(I)cccc3c(N)c2c1O. The second kappa shape index (κ2) is 4.56. The Balaban J connectivity index is 2.44. The van der Waals surface area contributed by atoms with E-state index in [0.29, 0.717) is 11.1 Å². The predicted molar refractivity (Wildman–Crippen MR) is 86.3 cm³/mol. The molecular weight excluding hydrogens is 353 g/mol. The Hall–Kier alpha value is -1.50. The maximum Gasteiger partial charge on any atom is 0.202 e. The zero-order valence-electron chi connectivity index (χ0n) is 10.5. The molecule has 3 rings (SSSR count). The second-order valence-electron chi connectivity index (χ2n) is 4.57. The summed E-state index contributed by atoms with van der Waals surface area (Å²) in [4.78, 5) is 4.63. The Morgan fingerprint density at radius 2 is 2.21 bits per heavy atom. The Morgan fingerprint density at radius 1 is 1.42 bits per heavy atom. The zero-order valence-corrected chi connectivity index (χ0v) is 12.7. The molecule has 2 heterocycles. The summed E-state index contributed by atoms with van der Waals surface area (Å²) in [5.41, 5.74) is 8.46. The van der Waals surface area contributed by atoms with Gasteiger partial charge in [0.2, 0.25) is 5.88 Å². The number of benzene rings is 1. The van der Waals surface area contributed by atoms with Crippen molar-refractivity contribution >= 4 is 50.1 Å². The van der Waals surface area contributed by atoms with Gasteiger partial charge in [-0.05, 0) is 35.1 Å². The minimum atomic E-state index is 0.211. The maximum atomic E-state index is 10.3. The van der Waals surface area contributed by atoms with Crippen LogP contribution in [-0.4, -0.2) is 14.7 Å². The van der Waals surface area contributed by atoms with E-state index in [1.807, 2.05) is 24.4 Å². The quantitative estimate of drug-likeness (QED) is 0.682. The highest BCUT2D eigenvalue weighted by atomic mass is 127. The highest BCUT2D eigenvalue weighted by Crippen LogP contribution is 2.36. The third kappa shape index (κ3) is 1.83. The van der Waals surface area contributed by atoms with Crippen molar-refractivity contribution < 1.29 is 5.11 Å². The van der Waals surface area contributed by atoms with Crippen LogP contribution >= 0.6 is 22.6 Å². The number of hydrogen-bond donors (Lipinski definition) is 2. The van der Waals surface area contributed by atoms with Crippen molar-refractivity contribution in [2.24, 2.45) is 0 Å². The fourth-order valence-electron chi connectivity index (χ4n) is 2.39. The molecule has 0 spiro atoms. The molecule has 1 aromatic carbocycles. The molecular formula is C14H14IN3O. The second-order valence-corrected chi connectivity index (χ2v) is 5.73. The average Bonchev–Trinajstić information content (AvgIpc) is 2.69. The van der Waals surface area contributed by atoms with Gasteiger partial charge < -0.3 is 15.4 Å². The number of hydrogen-bond acceptors (Lipinski definition) is 3. The highest BCUT2D eigenvalue weighted by Gasteiger charge is 2.15. The van der Waals surface area contributed by atoms with E-state index in [-0.39, 0.29) is 5.88 Å². The summed E-state index contributed by atoms with van der Waals surface area (Å²) in [6.07, 6.45) is 2.82. The molecule has 3 aromatic rings. The predicted octanol–water partition coefficient (Wildman–Crippen LogP) is 3.49. The molecule has 0 amide bonds. The lowest BCUT2D eigenvalue weighted by molar-refractivity contribution is 0.421. The number of nitrogens with zero attached hydrogens (tertiary/aromatic N) is 2. The van der Waals surface area contributed by atoms with E-state index in [0.717, 1.165) is 33.0 Å². The van der Waals surface area contributed by atoms with Gasteiger partial charge in [0.05, 0.1) is 22.1 Å². The number of fused-ring (bicyclic) bond motifs is 2. The maximum absolute atomic E-state index is 10.3. The summed E-state index contributed by atoms with van der Waals surface area (Å²) in [6, 6.07) is 5.90. The fraction of sp³-hybridized carbons (Fsp3) is 0.214. The first-order chi connectivity index (χ1) is 9.13. The Bertz CT molecular complexity index is 779. The molecule has 0 saturated heterocycles. The molecule has 0 unspecified atom stereocenters. The number of aromatic hydroxyl groups is 1. The lowest BCUT2D eigenvalue weighted by Crippen LogP contribution is -1.93. The third-order valence-electron chi connectivity index (χ3n) is 3.27. The van der Waals surface area contributed by atoms with Crippen LogP contribution in [0.5, 0.6) is 5.88 Å². The summed E-state index contributed by atoms with van der Waals surface area (Å²) < 4.78 is 2.87. The van der Waals surface area contributed by atoms with Crippen molar-refractivity contribution in [3.8, 4) is 5.88 Å². The molecule has 0 fully saturated rings. The van der Waals surface area contributed by atoms with Gasteiger partial charge in [-0.1, -0.05) is 19.1 Å². The molecule has 0 bridgehead atoms. The number of pyridine rings is 1. The molecule has 98 valence electrons. The van der Waals surface area contributed by atoms with Gasteiger partial charge in [0, 0.05) is 21.7 Å². The van der Waals surface area contributed by atoms with Crippen molar-refractivity contribution in [2.75, 3.05) is 5.73 Å². The summed E-state index contributed by atoms with van der Waals surface area (Å²) in [5.74, 6) is 0.211. The van der Waals surface area contributed by atoms with Crippen LogP contribution < -0.4 is 5.73 Å². The first-order valence-electron chi connectivity index (χ1n) is 6.19. The molecule has 4 nitrogen and oxygen atoms in total. The molecule has 0 aliphatic rings. The van der Waals surface area contributed by atoms with Gasteiger partial charge in [-0.25, -0.2) is 4.98 Å². The van der Waals surface area contributed by atoms with Crippen LogP contribution in [0.4, 0.5) is 5.69 Å². The summed E-state index contributed by atoms with van der Waals surface area (Å²) in [7, 11) is 0. The van der Waals surface area contributed by atoms with E-state index in [1.54, 1.807) is 4.57 Å². The standard InChI is InChI=1S/C14H14IN3O/c1-2-6-18-7-10-11(14(18)19)12(16)8-4-3-5-9(15)13(8)17-10/h3-5,7,19H,2,6,16H2,1H3. The van der Waals surface area contributed by atoms with Crippen molar-refractivity contribution in [1.82, 2.24) is 9.55 Å². The van der Waals surface area contributed by atoms with Crippen LogP contribution in [0.25, 0.3) is 21.8 Å². The van der Waals surface area contributed by atoms with Crippen molar-refractivity contribution in [3.63, 3.8) is 0 Å². The topological polar surface area (TPSA) is 64.1 Å². The number of aryl methyl sites for hydroxylation is 1. The first kappa shape index (κ1) is 12.5. The van der Waals surface area contributed by atoms with Crippen LogP contribution in [-0.2, 0) is 6.54 Å². The summed E-state index contributed by atoms with van der Waals surface area (Å²) in [6.45, 7) is 2.83.